The fourth-order valence-corrected chi connectivity index (χ4v) is 2.99. The highest BCUT2D eigenvalue weighted by atomic mass is 35.5. The van der Waals surface area contributed by atoms with Crippen LogP contribution >= 0.6 is 11.6 Å². The van der Waals surface area contributed by atoms with Gasteiger partial charge in [0.25, 0.3) is 0 Å². The average Bonchev–Trinajstić information content (AvgIpc) is 2.13. The number of hydrogen-bond acceptors (Lipinski definition) is 2. The van der Waals surface area contributed by atoms with Crippen molar-refractivity contribution in [1.82, 2.24) is 0 Å². The van der Waals surface area contributed by atoms with Gasteiger partial charge in [-0.15, -0.1) is 0 Å². The summed E-state index contributed by atoms with van der Waals surface area (Å²) < 4.78 is 5.24. The van der Waals surface area contributed by atoms with E-state index in [0.29, 0.717) is 5.92 Å². The van der Waals surface area contributed by atoms with Crippen molar-refractivity contribution in [2.75, 3.05) is 12.4 Å². The molecule has 1 aromatic rings. The Labute approximate surface area is 102 Å². The molecule has 16 heavy (non-hydrogen) atoms. The Bertz CT molecular complexity index is 415. The molecule has 0 saturated carbocycles. The van der Waals surface area contributed by atoms with Gasteiger partial charge in [-0.3, -0.25) is 0 Å². The number of benzene rings is 1. The van der Waals surface area contributed by atoms with Gasteiger partial charge in [0.05, 0.1) is 7.11 Å². The summed E-state index contributed by atoms with van der Waals surface area (Å²) in [6.45, 7) is 6.64. The summed E-state index contributed by atoms with van der Waals surface area (Å²) in [5.74, 6) is 1.28. The molecule has 1 N–H and O–H groups in total. The van der Waals surface area contributed by atoms with E-state index in [-0.39, 0.29) is 5.54 Å². The summed E-state index contributed by atoms with van der Waals surface area (Å²) >= 11 is 6.29. The number of ether oxygens (including phenoxy) is 1. The van der Waals surface area contributed by atoms with Gasteiger partial charge in [-0.05, 0) is 37.8 Å². The highest BCUT2D eigenvalue weighted by molar-refractivity contribution is 6.32. The number of rotatable bonds is 1. The average molecular weight is 240 g/mol. The number of fused-ring (bicyclic) bond motifs is 1. The Morgan fingerprint density at radius 2 is 2.12 bits per heavy atom. The predicted octanol–water partition coefficient (Wildman–Crippen LogP) is 4.05. The van der Waals surface area contributed by atoms with Crippen molar-refractivity contribution in [3.8, 4) is 5.75 Å². The number of halogens is 1. The van der Waals surface area contributed by atoms with E-state index >= 15 is 0 Å². The second-order valence-electron chi connectivity index (χ2n) is 5.18. The highest BCUT2D eigenvalue weighted by Crippen LogP contribution is 2.44. The number of anilines is 1. The SMILES string of the molecule is COc1cc(Cl)c2c(c1)NC(C)(C)CC2C. The molecule has 0 spiro atoms. The van der Waals surface area contributed by atoms with E-state index in [2.05, 4.69) is 26.1 Å². The van der Waals surface area contributed by atoms with E-state index in [4.69, 9.17) is 16.3 Å². The Hall–Kier alpha value is -0.890. The number of hydrogen-bond donors (Lipinski definition) is 1. The zero-order valence-electron chi connectivity index (χ0n) is 10.2. The van der Waals surface area contributed by atoms with E-state index < -0.39 is 0 Å². The Morgan fingerprint density at radius 3 is 2.75 bits per heavy atom. The van der Waals surface area contributed by atoms with Crippen LogP contribution in [0.2, 0.25) is 5.02 Å². The lowest BCUT2D eigenvalue weighted by Gasteiger charge is -2.38. The van der Waals surface area contributed by atoms with Crippen molar-refractivity contribution >= 4 is 17.3 Å². The van der Waals surface area contributed by atoms with Gasteiger partial charge in [-0.1, -0.05) is 18.5 Å². The Kier molecular flexibility index (Phi) is 2.79. The molecule has 1 heterocycles. The van der Waals surface area contributed by atoms with E-state index in [1.165, 1.54) is 5.56 Å². The Balaban J connectivity index is 2.52. The molecule has 1 atom stereocenters. The minimum Gasteiger partial charge on any atom is -0.497 e. The molecule has 0 fully saturated rings. The van der Waals surface area contributed by atoms with Crippen molar-refractivity contribution in [3.63, 3.8) is 0 Å². The second kappa shape index (κ2) is 3.85. The van der Waals surface area contributed by atoms with Gasteiger partial charge in [0, 0.05) is 22.3 Å². The third-order valence-corrected chi connectivity index (χ3v) is 3.43. The maximum Gasteiger partial charge on any atom is 0.122 e. The maximum absolute atomic E-state index is 6.29. The van der Waals surface area contributed by atoms with Crippen molar-refractivity contribution in [2.24, 2.45) is 0 Å². The van der Waals surface area contributed by atoms with Gasteiger partial charge in [0.1, 0.15) is 5.75 Å². The number of methoxy groups -OCH3 is 1. The first-order valence-corrected chi connectivity index (χ1v) is 5.96. The quantitative estimate of drug-likeness (QED) is 0.799. The normalized spacial score (nSPS) is 22.2. The van der Waals surface area contributed by atoms with Crippen LogP contribution in [0.3, 0.4) is 0 Å². The largest absolute Gasteiger partial charge is 0.497 e. The molecule has 0 aromatic heterocycles. The molecule has 1 unspecified atom stereocenters. The van der Waals surface area contributed by atoms with E-state index in [1.54, 1.807) is 7.11 Å². The minimum absolute atomic E-state index is 0.113. The predicted molar refractivity (Wildman–Crippen MR) is 68.7 cm³/mol. The third kappa shape index (κ3) is 1.99. The summed E-state index contributed by atoms with van der Waals surface area (Å²) in [5, 5.41) is 4.31. The Morgan fingerprint density at radius 1 is 1.44 bits per heavy atom. The number of nitrogens with one attached hydrogen (secondary N) is 1. The van der Waals surface area contributed by atoms with Gasteiger partial charge in [-0.2, -0.15) is 0 Å². The van der Waals surface area contributed by atoms with Gasteiger partial charge in [0.2, 0.25) is 0 Å². The third-order valence-electron chi connectivity index (χ3n) is 3.12. The lowest BCUT2D eigenvalue weighted by molar-refractivity contribution is 0.412. The van der Waals surface area contributed by atoms with Crippen LogP contribution in [0, 0.1) is 0 Å². The molecular weight excluding hydrogens is 222 g/mol. The smallest absolute Gasteiger partial charge is 0.122 e. The van der Waals surface area contributed by atoms with Crippen LogP contribution in [0.25, 0.3) is 0 Å². The molecular formula is C13H18ClNO. The van der Waals surface area contributed by atoms with Gasteiger partial charge in [0.15, 0.2) is 0 Å². The minimum atomic E-state index is 0.113. The maximum atomic E-state index is 6.29. The van der Waals surface area contributed by atoms with Crippen LogP contribution in [0.4, 0.5) is 5.69 Å². The molecule has 2 nitrogen and oxygen atoms in total. The summed E-state index contributed by atoms with van der Waals surface area (Å²) in [7, 11) is 1.66. The lowest BCUT2D eigenvalue weighted by atomic mass is 9.82. The van der Waals surface area contributed by atoms with Crippen LogP contribution < -0.4 is 10.1 Å². The van der Waals surface area contributed by atoms with Crippen LogP contribution in [0.15, 0.2) is 12.1 Å². The first-order chi connectivity index (χ1) is 7.43. The topological polar surface area (TPSA) is 21.3 Å². The molecule has 2 rings (SSSR count). The molecule has 0 aliphatic carbocycles. The zero-order valence-corrected chi connectivity index (χ0v) is 11.0. The zero-order chi connectivity index (χ0) is 11.9. The molecule has 3 heteroatoms. The molecule has 88 valence electrons. The molecule has 1 aliphatic rings. The summed E-state index contributed by atoms with van der Waals surface area (Å²) in [4.78, 5) is 0. The fraction of sp³-hybridized carbons (Fsp3) is 0.538. The summed E-state index contributed by atoms with van der Waals surface area (Å²) in [6, 6.07) is 3.91. The van der Waals surface area contributed by atoms with Crippen LogP contribution in [-0.2, 0) is 0 Å². The van der Waals surface area contributed by atoms with Crippen molar-refractivity contribution in [1.29, 1.82) is 0 Å². The van der Waals surface area contributed by atoms with Crippen LogP contribution in [0.5, 0.6) is 5.75 Å². The van der Waals surface area contributed by atoms with Crippen LogP contribution in [0.1, 0.15) is 38.7 Å². The lowest BCUT2D eigenvalue weighted by Crippen LogP contribution is -2.36. The van der Waals surface area contributed by atoms with E-state index in [0.717, 1.165) is 22.9 Å². The first-order valence-electron chi connectivity index (χ1n) is 5.58. The molecule has 0 saturated heterocycles. The fourth-order valence-electron chi connectivity index (χ4n) is 2.60. The monoisotopic (exact) mass is 239 g/mol. The van der Waals surface area contributed by atoms with Crippen molar-refractivity contribution < 1.29 is 4.74 Å². The van der Waals surface area contributed by atoms with Crippen molar-refractivity contribution in [3.05, 3.63) is 22.7 Å². The van der Waals surface area contributed by atoms with Gasteiger partial charge < -0.3 is 10.1 Å². The van der Waals surface area contributed by atoms with Crippen molar-refractivity contribution in [2.45, 2.75) is 38.6 Å². The molecule has 1 aromatic carbocycles. The molecule has 0 bridgehead atoms. The summed E-state index contributed by atoms with van der Waals surface area (Å²) in [5.41, 5.74) is 2.43. The standard InChI is InChI=1S/C13H18ClNO/c1-8-7-13(2,3)15-11-6-9(16-4)5-10(14)12(8)11/h5-6,8,15H,7H2,1-4H3. The van der Waals surface area contributed by atoms with Crippen LogP contribution in [-0.4, -0.2) is 12.6 Å². The molecule has 0 radical (unpaired) electrons. The van der Waals surface area contributed by atoms with E-state index in [9.17, 15) is 0 Å². The first kappa shape index (κ1) is 11.6. The van der Waals surface area contributed by atoms with Gasteiger partial charge >= 0.3 is 0 Å². The second-order valence-corrected chi connectivity index (χ2v) is 5.59. The highest BCUT2D eigenvalue weighted by Gasteiger charge is 2.31. The summed E-state index contributed by atoms with van der Waals surface area (Å²) in [6.07, 6.45) is 1.09. The van der Waals surface area contributed by atoms with E-state index in [1.807, 2.05) is 12.1 Å². The molecule has 0 amide bonds. The molecule has 1 aliphatic heterocycles. The van der Waals surface area contributed by atoms with Gasteiger partial charge in [-0.25, -0.2) is 0 Å².